The Balaban J connectivity index is 1.16. The second-order valence-electron chi connectivity index (χ2n) is 14.3. The zero-order valence-corrected chi connectivity index (χ0v) is 27.5. The third kappa shape index (κ3) is 6.61. The molecule has 1 amide bonds. The molecular weight excluding hydrogens is 606 g/mol. The fraction of sp³-hybridized carbons (Fsp3) is 0.639. The van der Waals surface area contributed by atoms with Crippen LogP contribution in [0.25, 0.3) is 0 Å². The number of carbonyl (C=O) groups is 5. The Hall–Kier alpha value is -3.57. The highest BCUT2D eigenvalue weighted by molar-refractivity contribution is 5.92. The molecule has 4 aliphatic carbocycles. The summed E-state index contributed by atoms with van der Waals surface area (Å²) in [7, 11) is 0. The molecule has 3 fully saturated rings. The molecule has 0 saturated heterocycles. The fourth-order valence-electron chi connectivity index (χ4n) is 9.27. The Morgan fingerprint density at radius 2 is 1.74 bits per heavy atom. The molecule has 0 bridgehead atoms. The number of amides is 1. The monoisotopic (exact) mass is 653 g/mol. The lowest BCUT2D eigenvalue weighted by Gasteiger charge is -2.60. The molecule has 4 aliphatic rings. The minimum atomic E-state index is -1.78. The van der Waals surface area contributed by atoms with Crippen LogP contribution in [-0.4, -0.2) is 75.7 Å². The van der Waals surface area contributed by atoms with E-state index in [1.165, 1.54) is 12.1 Å². The van der Waals surface area contributed by atoms with Crippen LogP contribution in [-0.2, 0) is 39.9 Å². The maximum Gasteiger partial charge on any atom is 0.328 e. The SMILES string of the molecule is CCOC(=O)[C@@H](Cc1ccc(O)cc1)NC(=O)CCC(=O)OCC(=O)[C@@]1(O)CC[C@H]2[C@@H]3CCC4=CC(=O)CC[C@]4(C)[C@H]3[C@H](O)C[C@@]21C. The molecule has 11 nitrogen and oxygen atoms in total. The Morgan fingerprint density at radius 3 is 2.45 bits per heavy atom. The minimum Gasteiger partial charge on any atom is -0.508 e. The van der Waals surface area contributed by atoms with Crippen molar-refractivity contribution in [3.8, 4) is 5.75 Å². The largest absolute Gasteiger partial charge is 0.508 e. The van der Waals surface area contributed by atoms with Gasteiger partial charge in [-0.25, -0.2) is 4.79 Å². The van der Waals surface area contributed by atoms with Gasteiger partial charge in [0.25, 0.3) is 0 Å². The van der Waals surface area contributed by atoms with Gasteiger partial charge in [-0.15, -0.1) is 0 Å². The number of benzene rings is 1. The van der Waals surface area contributed by atoms with Crippen molar-refractivity contribution in [2.45, 2.75) is 103 Å². The van der Waals surface area contributed by atoms with Crippen LogP contribution in [0.5, 0.6) is 5.75 Å². The van der Waals surface area contributed by atoms with E-state index in [1.807, 2.05) is 6.92 Å². The fourth-order valence-corrected chi connectivity index (χ4v) is 9.27. The molecule has 47 heavy (non-hydrogen) atoms. The van der Waals surface area contributed by atoms with Crippen LogP contribution in [0.3, 0.4) is 0 Å². The molecule has 3 saturated carbocycles. The summed E-state index contributed by atoms with van der Waals surface area (Å²) < 4.78 is 10.3. The first-order valence-electron chi connectivity index (χ1n) is 16.8. The lowest BCUT2D eigenvalue weighted by molar-refractivity contribution is -0.184. The third-order valence-electron chi connectivity index (χ3n) is 11.7. The van der Waals surface area contributed by atoms with E-state index in [4.69, 9.17) is 9.47 Å². The number of fused-ring (bicyclic) bond motifs is 5. The van der Waals surface area contributed by atoms with Crippen LogP contribution in [0, 0.1) is 28.6 Å². The number of aromatic hydroxyl groups is 1. The van der Waals surface area contributed by atoms with E-state index < -0.39 is 53.4 Å². The van der Waals surface area contributed by atoms with Gasteiger partial charge in [0.05, 0.1) is 19.1 Å². The molecule has 0 aromatic heterocycles. The summed E-state index contributed by atoms with van der Waals surface area (Å²) in [5.41, 5.74) is -1.17. The number of phenolic OH excluding ortho intramolecular Hbond substituents is 1. The van der Waals surface area contributed by atoms with Gasteiger partial charge in [-0.05, 0) is 92.4 Å². The van der Waals surface area contributed by atoms with Crippen molar-refractivity contribution in [1.82, 2.24) is 5.32 Å². The van der Waals surface area contributed by atoms with Crippen molar-refractivity contribution < 1.29 is 48.8 Å². The van der Waals surface area contributed by atoms with E-state index in [-0.39, 0.29) is 73.4 Å². The number of hydrogen-bond acceptors (Lipinski definition) is 10. The molecule has 4 N–H and O–H groups in total. The summed E-state index contributed by atoms with van der Waals surface area (Å²) in [5, 5.41) is 35.5. The van der Waals surface area contributed by atoms with E-state index in [2.05, 4.69) is 12.2 Å². The van der Waals surface area contributed by atoms with Gasteiger partial charge in [-0.3, -0.25) is 19.2 Å². The van der Waals surface area contributed by atoms with E-state index in [1.54, 1.807) is 25.1 Å². The molecule has 0 heterocycles. The number of nitrogens with one attached hydrogen (secondary N) is 1. The lowest BCUT2D eigenvalue weighted by atomic mass is 9.45. The molecule has 0 unspecified atom stereocenters. The van der Waals surface area contributed by atoms with E-state index >= 15 is 0 Å². The van der Waals surface area contributed by atoms with Crippen molar-refractivity contribution in [1.29, 1.82) is 0 Å². The van der Waals surface area contributed by atoms with E-state index in [0.717, 1.165) is 18.4 Å². The molecule has 256 valence electrons. The molecule has 0 radical (unpaired) electrons. The smallest absolute Gasteiger partial charge is 0.328 e. The van der Waals surface area contributed by atoms with Gasteiger partial charge in [-0.1, -0.05) is 31.6 Å². The highest BCUT2D eigenvalue weighted by Gasteiger charge is 2.68. The Kier molecular flexibility index (Phi) is 9.99. The van der Waals surface area contributed by atoms with E-state index in [9.17, 15) is 39.3 Å². The van der Waals surface area contributed by atoms with Crippen LogP contribution in [0.4, 0.5) is 0 Å². The number of aliphatic hydroxyl groups is 2. The number of Topliss-reactive ketones (excluding diaryl/α,β-unsaturated/α-hetero) is 1. The number of rotatable bonds is 11. The summed E-state index contributed by atoms with van der Waals surface area (Å²) in [5.74, 6) is -2.40. The Bertz CT molecular complexity index is 1440. The molecule has 1 aromatic carbocycles. The Labute approximate surface area is 275 Å². The van der Waals surface area contributed by atoms with Crippen molar-refractivity contribution in [2.75, 3.05) is 13.2 Å². The molecule has 0 aliphatic heterocycles. The summed E-state index contributed by atoms with van der Waals surface area (Å²) in [6.45, 7) is 5.13. The summed E-state index contributed by atoms with van der Waals surface area (Å²) >= 11 is 0. The lowest BCUT2D eigenvalue weighted by Crippen LogP contribution is -2.62. The van der Waals surface area contributed by atoms with E-state index in [0.29, 0.717) is 24.8 Å². The van der Waals surface area contributed by atoms with Crippen molar-refractivity contribution >= 4 is 29.4 Å². The summed E-state index contributed by atoms with van der Waals surface area (Å²) in [6.07, 6.45) is 4.24. The number of allylic oxidation sites excluding steroid dienone is 1. The molecule has 1 aromatic rings. The number of aliphatic hydroxyl groups excluding tert-OH is 1. The van der Waals surface area contributed by atoms with Crippen LogP contribution < -0.4 is 5.32 Å². The van der Waals surface area contributed by atoms with Crippen LogP contribution >= 0.6 is 0 Å². The standard InChI is InChI=1S/C36H47NO10/c1-4-46-33(44)27(17-21-5-8-23(38)9-6-21)37-30(42)11-12-31(43)47-20-29(41)36(45)16-14-26-25-10-7-22-18-24(39)13-15-34(22,2)32(25)28(40)19-35(26,36)3/h5-6,8-9,18,25-28,32,38,40,45H,4,7,10-17,19-20H2,1-3H3,(H,37,42)/t25-,26-,27+,28+,32+,34-,35-,36-/m0/s1. The van der Waals surface area contributed by atoms with Crippen LogP contribution in [0.15, 0.2) is 35.9 Å². The number of ether oxygens (including phenoxy) is 2. The summed E-state index contributed by atoms with van der Waals surface area (Å²) in [4.78, 5) is 63.4. The zero-order chi connectivity index (χ0) is 34.1. The quantitative estimate of drug-likeness (QED) is 0.260. The maximum atomic E-state index is 13.5. The number of ketones is 2. The minimum absolute atomic E-state index is 0.00540. The van der Waals surface area contributed by atoms with Crippen molar-refractivity contribution in [3.63, 3.8) is 0 Å². The number of phenols is 1. The first-order chi connectivity index (χ1) is 22.2. The first kappa shape index (κ1) is 34.8. The van der Waals surface area contributed by atoms with Gasteiger partial charge in [0.1, 0.15) is 17.4 Å². The predicted molar refractivity (Wildman–Crippen MR) is 169 cm³/mol. The van der Waals surface area contributed by atoms with Crippen molar-refractivity contribution in [3.05, 3.63) is 41.5 Å². The highest BCUT2D eigenvalue weighted by Crippen LogP contribution is 2.67. The van der Waals surface area contributed by atoms with Crippen LogP contribution in [0.2, 0.25) is 0 Å². The average Bonchev–Trinajstić information content (AvgIpc) is 3.30. The average molecular weight is 654 g/mol. The van der Waals surface area contributed by atoms with Gasteiger partial charge >= 0.3 is 11.9 Å². The second kappa shape index (κ2) is 13.5. The number of hydrogen-bond donors (Lipinski definition) is 4. The molecule has 0 spiro atoms. The van der Waals surface area contributed by atoms with Gasteiger partial charge in [-0.2, -0.15) is 0 Å². The summed E-state index contributed by atoms with van der Waals surface area (Å²) in [6, 6.07) is 5.18. The zero-order valence-electron chi connectivity index (χ0n) is 27.5. The molecule has 5 rings (SSSR count). The highest BCUT2D eigenvalue weighted by atomic mass is 16.5. The predicted octanol–water partition coefficient (Wildman–Crippen LogP) is 3.11. The number of carbonyl (C=O) groups excluding carboxylic acids is 5. The Morgan fingerprint density at radius 1 is 1.02 bits per heavy atom. The third-order valence-corrected chi connectivity index (χ3v) is 11.7. The topological polar surface area (TPSA) is 177 Å². The molecular formula is C36H47NO10. The van der Waals surface area contributed by atoms with Gasteiger partial charge in [0.15, 0.2) is 12.4 Å². The number of esters is 2. The van der Waals surface area contributed by atoms with Gasteiger partial charge in [0.2, 0.25) is 11.7 Å². The van der Waals surface area contributed by atoms with Crippen LogP contribution in [0.1, 0.15) is 84.1 Å². The molecule has 8 atom stereocenters. The van der Waals surface area contributed by atoms with Gasteiger partial charge in [0, 0.05) is 24.7 Å². The second-order valence-corrected chi connectivity index (χ2v) is 14.3. The first-order valence-corrected chi connectivity index (χ1v) is 16.8. The molecule has 11 heteroatoms. The van der Waals surface area contributed by atoms with Gasteiger partial charge < -0.3 is 30.1 Å². The normalized spacial score (nSPS) is 33.4. The maximum absolute atomic E-state index is 13.5. The van der Waals surface area contributed by atoms with Crippen molar-refractivity contribution in [2.24, 2.45) is 28.6 Å².